The van der Waals surface area contributed by atoms with Crippen LogP contribution < -0.4 is 20.8 Å². The monoisotopic (exact) mass is 329 g/mol. The maximum atomic E-state index is 12.6. The number of rotatable bonds is 4. The number of ether oxygens (including phenoxy) is 2. The Kier molecular flexibility index (Phi) is 3.99. The average Bonchev–Trinajstić information content (AvgIpc) is 2.59. The Labute approximate surface area is 136 Å². The predicted octanol–water partition coefficient (Wildman–Crippen LogP) is 1.73. The Bertz CT molecular complexity index is 1020. The van der Waals surface area contributed by atoms with E-state index in [1.54, 1.807) is 24.3 Å². The molecular formula is C17H15NO6. The Balaban J connectivity index is 2.10. The number of aromatic nitrogens is 1. The van der Waals surface area contributed by atoms with Gasteiger partial charge in [-0.3, -0.25) is 4.79 Å². The summed E-state index contributed by atoms with van der Waals surface area (Å²) in [5.41, 5.74) is 0.326. The van der Waals surface area contributed by atoms with Crippen molar-refractivity contribution in [3.63, 3.8) is 0 Å². The minimum absolute atomic E-state index is 0.000222. The molecule has 1 N–H and O–H groups in total. The lowest BCUT2D eigenvalue weighted by Crippen LogP contribution is -2.32. The summed E-state index contributed by atoms with van der Waals surface area (Å²) < 4.78 is 16.3. The van der Waals surface area contributed by atoms with E-state index in [1.807, 2.05) is 0 Å². The fourth-order valence-electron chi connectivity index (χ4n) is 2.41. The highest BCUT2D eigenvalue weighted by atomic mass is 16.5. The van der Waals surface area contributed by atoms with Crippen molar-refractivity contribution in [3.05, 3.63) is 62.9 Å². The van der Waals surface area contributed by atoms with Crippen LogP contribution in [0.1, 0.15) is 5.56 Å². The lowest BCUT2D eigenvalue weighted by molar-refractivity contribution is 0.372. The smallest absolute Gasteiger partial charge is 0.422 e. The van der Waals surface area contributed by atoms with E-state index in [-0.39, 0.29) is 29.0 Å². The minimum Gasteiger partial charge on any atom is -0.504 e. The van der Waals surface area contributed by atoms with Crippen molar-refractivity contribution in [2.24, 2.45) is 0 Å². The van der Waals surface area contributed by atoms with Crippen molar-refractivity contribution in [2.45, 2.75) is 6.54 Å². The van der Waals surface area contributed by atoms with Crippen molar-refractivity contribution in [1.82, 2.24) is 4.57 Å². The van der Waals surface area contributed by atoms with Crippen LogP contribution >= 0.6 is 0 Å². The number of fused-ring (bicyclic) bond motifs is 1. The Hall–Kier alpha value is -3.22. The lowest BCUT2D eigenvalue weighted by Gasteiger charge is -2.09. The number of phenols is 1. The van der Waals surface area contributed by atoms with E-state index in [1.165, 1.54) is 26.4 Å². The number of phenolic OH excluding ortho intramolecular Hbond substituents is 1. The molecule has 0 aliphatic carbocycles. The molecule has 3 rings (SSSR count). The number of hydrogen-bond acceptors (Lipinski definition) is 6. The molecule has 0 aliphatic heterocycles. The summed E-state index contributed by atoms with van der Waals surface area (Å²) in [4.78, 5) is 24.7. The molecule has 0 radical (unpaired) electrons. The van der Waals surface area contributed by atoms with Gasteiger partial charge in [-0.2, -0.15) is 0 Å². The molecule has 0 fully saturated rings. The molecule has 0 bridgehead atoms. The van der Waals surface area contributed by atoms with E-state index >= 15 is 0 Å². The van der Waals surface area contributed by atoms with Crippen LogP contribution in [0.2, 0.25) is 0 Å². The molecule has 3 aromatic rings. The van der Waals surface area contributed by atoms with Gasteiger partial charge in [0.25, 0.3) is 5.56 Å². The van der Waals surface area contributed by atoms with Crippen molar-refractivity contribution < 1.29 is 19.0 Å². The van der Waals surface area contributed by atoms with Crippen LogP contribution in [0.3, 0.4) is 0 Å². The summed E-state index contributed by atoms with van der Waals surface area (Å²) in [6, 6.07) is 9.26. The van der Waals surface area contributed by atoms with Gasteiger partial charge >= 0.3 is 5.76 Å². The largest absolute Gasteiger partial charge is 0.504 e. The van der Waals surface area contributed by atoms with Crippen LogP contribution in [0.4, 0.5) is 0 Å². The third-order valence-corrected chi connectivity index (χ3v) is 3.67. The summed E-state index contributed by atoms with van der Waals surface area (Å²) in [5, 5.41) is 9.89. The van der Waals surface area contributed by atoms with Gasteiger partial charge in [0.15, 0.2) is 11.5 Å². The van der Waals surface area contributed by atoms with E-state index in [0.29, 0.717) is 11.3 Å². The lowest BCUT2D eigenvalue weighted by atomic mass is 10.2. The standard InChI is InChI=1S/C17H15NO6/c1-22-11-4-5-12-14(8-11)24-17(21)18(16(12)20)9-10-3-6-13(19)15(7-10)23-2/h3-8,19H,9H2,1-2H3. The van der Waals surface area contributed by atoms with Crippen molar-refractivity contribution in [1.29, 1.82) is 0 Å². The van der Waals surface area contributed by atoms with Gasteiger partial charge in [0.2, 0.25) is 0 Å². The zero-order valence-corrected chi connectivity index (χ0v) is 13.1. The first kappa shape index (κ1) is 15.7. The zero-order valence-electron chi connectivity index (χ0n) is 13.1. The first-order valence-corrected chi connectivity index (χ1v) is 7.11. The fourth-order valence-corrected chi connectivity index (χ4v) is 2.41. The fraction of sp³-hybridized carbons (Fsp3) is 0.176. The number of benzene rings is 2. The molecule has 1 heterocycles. The van der Waals surface area contributed by atoms with E-state index in [4.69, 9.17) is 13.9 Å². The molecule has 0 unspecified atom stereocenters. The van der Waals surface area contributed by atoms with Crippen LogP contribution in [0.15, 0.2) is 50.4 Å². The Morgan fingerprint density at radius 2 is 1.88 bits per heavy atom. The van der Waals surface area contributed by atoms with Gasteiger partial charge in [0.05, 0.1) is 26.2 Å². The molecule has 124 valence electrons. The molecule has 24 heavy (non-hydrogen) atoms. The highest BCUT2D eigenvalue weighted by molar-refractivity contribution is 5.76. The van der Waals surface area contributed by atoms with Crippen LogP contribution in [-0.4, -0.2) is 23.9 Å². The van der Waals surface area contributed by atoms with Gasteiger partial charge in [-0.05, 0) is 29.8 Å². The minimum atomic E-state index is -0.771. The molecule has 0 amide bonds. The van der Waals surface area contributed by atoms with E-state index in [9.17, 15) is 14.7 Å². The summed E-state index contributed by atoms with van der Waals surface area (Å²) in [7, 11) is 2.90. The summed E-state index contributed by atoms with van der Waals surface area (Å²) >= 11 is 0. The molecule has 7 heteroatoms. The van der Waals surface area contributed by atoms with Gasteiger partial charge in [-0.15, -0.1) is 0 Å². The molecule has 7 nitrogen and oxygen atoms in total. The molecule has 0 saturated carbocycles. The van der Waals surface area contributed by atoms with Crippen LogP contribution in [-0.2, 0) is 6.54 Å². The molecular weight excluding hydrogens is 314 g/mol. The van der Waals surface area contributed by atoms with Crippen molar-refractivity contribution in [3.8, 4) is 17.2 Å². The molecule has 0 spiro atoms. The third-order valence-electron chi connectivity index (χ3n) is 3.67. The van der Waals surface area contributed by atoms with E-state index < -0.39 is 11.3 Å². The SMILES string of the molecule is COc1ccc2c(=O)n(Cc3ccc(O)c(OC)c3)c(=O)oc2c1. The Morgan fingerprint density at radius 1 is 1.08 bits per heavy atom. The van der Waals surface area contributed by atoms with Gasteiger partial charge < -0.3 is 19.0 Å². The van der Waals surface area contributed by atoms with Gasteiger partial charge in [0.1, 0.15) is 11.3 Å². The second-order valence-electron chi connectivity index (χ2n) is 5.13. The molecule has 0 saturated heterocycles. The quantitative estimate of drug-likeness (QED) is 0.784. The topological polar surface area (TPSA) is 90.9 Å². The number of nitrogens with zero attached hydrogens (tertiary/aromatic N) is 1. The molecule has 0 aliphatic rings. The molecule has 0 atom stereocenters. The maximum absolute atomic E-state index is 12.6. The van der Waals surface area contributed by atoms with Crippen LogP contribution in [0.25, 0.3) is 11.0 Å². The average molecular weight is 329 g/mol. The second kappa shape index (κ2) is 6.11. The highest BCUT2D eigenvalue weighted by Crippen LogP contribution is 2.26. The van der Waals surface area contributed by atoms with Crippen molar-refractivity contribution in [2.75, 3.05) is 14.2 Å². The maximum Gasteiger partial charge on any atom is 0.422 e. The van der Waals surface area contributed by atoms with Gasteiger partial charge in [0, 0.05) is 6.07 Å². The van der Waals surface area contributed by atoms with E-state index in [0.717, 1.165) is 4.57 Å². The zero-order chi connectivity index (χ0) is 17.3. The van der Waals surface area contributed by atoms with Gasteiger partial charge in [-0.25, -0.2) is 9.36 Å². The third kappa shape index (κ3) is 2.71. The predicted molar refractivity (Wildman–Crippen MR) is 87.1 cm³/mol. The summed E-state index contributed by atoms with van der Waals surface area (Å²) in [6.45, 7) is -0.000222. The molecule has 2 aromatic carbocycles. The highest BCUT2D eigenvalue weighted by Gasteiger charge is 2.12. The number of aromatic hydroxyl groups is 1. The van der Waals surface area contributed by atoms with Gasteiger partial charge in [-0.1, -0.05) is 6.07 Å². The normalized spacial score (nSPS) is 10.8. The summed E-state index contributed by atoms with van der Waals surface area (Å²) in [5.74, 6) is -0.0411. The van der Waals surface area contributed by atoms with Crippen molar-refractivity contribution >= 4 is 11.0 Å². The molecule has 1 aromatic heterocycles. The number of methoxy groups -OCH3 is 2. The summed E-state index contributed by atoms with van der Waals surface area (Å²) in [6.07, 6.45) is 0. The number of hydrogen-bond donors (Lipinski definition) is 1. The first-order valence-electron chi connectivity index (χ1n) is 7.11. The first-order chi connectivity index (χ1) is 11.5. The Morgan fingerprint density at radius 3 is 2.58 bits per heavy atom. The van der Waals surface area contributed by atoms with Crippen LogP contribution in [0.5, 0.6) is 17.2 Å². The second-order valence-corrected chi connectivity index (χ2v) is 5.13. The van der Waals surface area contributed by atoms with Crippen LogP contribution in [0, 0.1) is 0 Å². The van der Waals surface area contributed by atoms with E-state index in [2.05, 4.69) is 0 Å².